The minimum absolute atomic E-state index is 0.148. The topological polar surface area (TPSA) is 41.5 Å². The number of rotatable bonds is 4. The lowest BCUT2D eigenvalue weighted by Crippen LogP contribution is -2.21. The summed E-state index contributed by atoms with van der Waals surface area (Å²) in [7, 11) is 0. The highest BCUT2D eigenvalue weighted by molar-refractivity contribution is 9.10. The van der Waals surface area contributed by atoms with Gasteiger partial charge in [0.2, 0.25) is 5.91 Å². The van der Waals surface area contributed by atoms with Gasteiger partial charge in [0, 0.05) is 9.50 Å². The van der Waals surface area contributed by atoms with Crippen molar-refractivity contribution in [2.24, 2.45) is 5.10 Å². The van der Waals surface area contributed by atoms with E-state index in [0.717, 1.165) is 21.3 Å². The predicted molar refractivity (Wildman–Crippen MR) is 89.7 cm³/mol. The molecular formula is C16H14BrClN2O. The van der Waals surface area contributed by atoms with Gasteiger partial charge in [0.05, 0.1) is 12.1 Å². The molecule has 108 valence electrons. The molecule has 0 saturated heterocycles. The van der Waals surface area contributed by atoms with Gasteiger partial charge in [-0.25, -0.2) is 5.43 Å². The van der Waals surface area contributed by atoms with Gasteiger partial charge in [-0.05, 0) is 42.3 Å². The lowest BCUT2D eigenvalue weighted by atomic mass is 10.1. The first-order valence-corrected chi connectivity index (χ1v) is 7.55. The standard InChI is InChI=1S/C16H14BrClN2O/c1-11(13-4-8-15(18)9-5-13)19-20-16(21)10-12-2-6-14(17)7-3-12/h2-9H,10H2,1H3,(H,20,21)/b19-11+. The zero-order chi connectivity index (χ0) is 15.2. The van der Waals surface area contributed by atoms with E-state index < -0.39 is 0 Å². The number of amides is 1. The maximum atomic E-state index is 11.8. The maximum absolute atomic E-state index is 11.8. The number of hydrogen-bond donors (Lipinski definition) is 1. The summed E-state index contributed by atoms with van der Waals surface area (Å²) >= 11 is 9.19. The van der Waals surface area contributed by atoms with E-state index in [1.165, 1.54) is 0 Å². The predicted octanol–water partition coefficient (Wildman–Crippen LogP) is 4.19. The third-order valence-electron chi connectivity index (χ3n) is 2.89. The molecule has 5 heteroatoms. The fourth-order valence-corrected chi connectivity index (χ4v) is 2.12. The van der Waals surface area contributed by atoms with Gasteiger partial charge in [0.15, 0.2) is 0 Å². The Morgan fingerprint density at radius 1 is 1.14 bits per heavy atom. The van der Waals surface area contributed by atoms with Crippen molar-refractivity contribution in [3.63, 3.8) is 0 Å². The Labute approximate surface area is 137 Å². The number of nitrogens with one attached hydrogen (secondary N) is 1. The second-order valence-electron chi connectivity index (χ2n) is 4.54. The monoisotopic (exact) mass is 364 g/mol. The molecule has 0 aliphatic carbocycles. The number of carbonyl (C=O) groups excluding carboxylic acids is 1. The number of halogens is 2. The molecule has 0 saturated carbocycles. The van der Waals surface area contributed by atoms with Crippen molar-refractivity contribution in [1.29, 1.82) is 0 Å². The Hall–Kier alpha value is -1.65. The van der Waals surface area contributed by atoms with Gasteiger partial charge in [0.25, 0.3) is 0 Å². The molecule has 2 rings (SSSR count). The Morgan fingerprint density at radius 2 is 1.76 bits per heavy atom. The van der Waals surface area contributed by atoms with Crippen LogP contribution in [0.1, 0.15) is 18.1 Å². The SMILES string of the molecule is C/C(=N\NC(=O)Cc1ccc(Br)cc1)c1ccc(Cl)cc1. The summed E-state index contributed by atoms with van der Waals surface area (Å²) in [4.78, 5) is 11.8. The highest BCUT2D eigenvalue weighted by atomic mass is 79.9. The normalized spacial score (nSPS) is 11.3. The van der Waals surface area contributed by atoms with Crippen molar-refractivity contribution < 1.29 is 4.79 Å². The van der Waals surface area contributed by atoms with Crippen LogP contribution in [0.3, 0.4) is 0 Å². The third-order valence-corrected chi connectivity index (χ3v) is 3.67. The first kappa shape index (κ1) is 15.7. The molecule has 3 nitrogen and oxygen atoms in total. The van der Waals surface area contributed by atoms with Crippen LogP contribution in [0.5, 0.6) is 0 Å². The first-order valence-electron chi connectivity index (χ1n) is 6.38. The maximum Gasteiger partial charge on any atom is 0.244 e. The van der Waals surface area contributed by atoms with E-state index in [2.05, 4.69) is 26.5 Å². The zero-order valence-corrected chi connectivity index (χ0v) is 13.8. The molecule has 0 aromatic heterocycles. The van der Waals surface area contributed by atoms with Crippen molar-refractivity contribution in [1.82, 2.24) is 5.43 Å². The van der Waals surface area contributed by atoms with E-state index in [-0.39, 0.29) is 5.91 Å². The molecule has 0 fully saturated rings. The van der Waals surface area contributed by atoms with Crippen molar-refractivity contribution in [3.05, 3.63) is 69.2 Å². The average Bonchev–Trinajstić information content (AvgIpc) is 2.48. The van der Waals surface area contributed by atoms with E-state index in [0.29, 0.717) is 11.4 Å². The molecule has 0 aliphatic heterocycles. The lowest BCUT2D eigenvalue weighted by molar-refractivity contribution is -0.120. The van der Waals surface area contributed by atoms with Crippen molar-refractivity contribution in [2.75, 3.05) is 0 Å². The summed E-state index contributed by atoms with van der Waals surface area (Å²) in [5, 5.41) is 4.77. The van der Waals surface area contributed by atoms with E-state index in [1.807, 2.05) is 43.3 Å². The minimum atomic E-state index is -0.148. The van der Waals surface area contributed by atoms with Crippen LogP contribution in [0.15, 0.2) is 58.1 Å². The molecule has 0 spiro atoms. The Balaban J connectivity index is 1.94. The summed E-state index contributed by atoms with van der Waals surface area (Å²) in [6, 6.07) is 14.9. The molecule has 0 atom stereocenters. The van der Waals surface area contributed by atoms with E-state index in [9.17, 15) is 4.79 Å². The second kappa shape index (κ2) is 7.38. The van der Waals surface area contributed by atoms with Gasteiger partial charge in [0.1, 0.15) is 0 Å². The first-order chi connectivity index (χ1) is 10.0. The summed E-state index contributed by atoms with van der Waals surface area (Å²) < 4.78 is 0.989. The molecular weight excluding hydrogens is 352 g/mol. The van der Waals surface area contributed by atoms with E-state index in [4.69, 9.17) is 11.6 Å². The zero-order valence-electron chi connectivity index (χ0n) is 11.4. The second-order valence-corrected chi connectivity index (χ2v) is 5.89. The van der Waals surface area contributed by atoms with Gasteiger partial charge in [-0.3, -0.25) is 4.79 Å². The highest BCUT2D eigenvalue weighted by Crippen LogP contribution is 2.11. The van der Waals surface area contributed by atoms with Crippen LogP contribution in [0.25, 0.3) is 0 Å². The van der Waals surface area contributed by atoms with Crippen molar-refractivity contribution in [3.8, 4) is 0 Å². The Bertz CT molecular complexity index is 651. The van der Waals surface area contributed by atoms with Crippen LogP contribution >= 0.6 is 27.5 Å². The van der Waals surface area contributed by atoms with E-state index in [1.54, 1.807) is 12.1 Å². The number of nitrogens with zero attached hydrogens (tertiary/aromatic N) is 1. The quantitative estimate of drug-likeness (QED) is 0.641. The van der Waals surface area contributed by atoms with Gasteiger partial charge in [-0.1, -0.05) is 51.8 Å². The molecule has 2 aromatic carbocycles. The van der Waals surface area contributed by atoms with Gasteiger partial charge in [-0.15, -0.1) is 0 Å². The molecule has 1 N–H and O–H groups in total. The van der Waals surface area contributed by atoms with Crippen LogP contribution in [0.4, 0.5) is 0 Å². The largest absolute Gasteiger partial charge is 0.273 e. The van der Waals surface area contributed by atoms with E-state index >= 15 is 0 Å². The molecule has 0 heterocycles. The minimum Gasteiger partial charge on any atom is -0.273 e. The van der Waals surface area contributed by atoms with Crippen LogP contribution in [-0.4, -0.2) is 11.6 Å². The van der Waals surface area contributed by atoms with Crippen molar-refractivity contribution >= 4 is 39.1 Å². The fraction of sp³-hybridized carbons (Fsp3) is 0.125. The van der Waals surface area contributed by atoms with Crippen LogP contribution in [0, 0.1) is 0 Å². The molecule has 2 aromatic rings. The highest BCUT2D eigenvalue weighted by Gasteiger charge is 2.03. The molecule has 1 amide bonds. The average molecular weight is 366 g/mol. The summed E-state index contributed by atoms with van der Waals surface area (Å²) in [6.07, 6.45) is 0.296. The molecule has 0 unspecified atom stereocenters. The third kappa shape index (κ3) is 4.99. The molecule has 0 aliphatic rings. The number of hydrazone groups is 1. The fourth-order valence-electron chi connectivity index (χ4n) is 1.73. The van der Waals surface area contributed by atoms with Gasteiger partial charge in [-0.2, -0.15) is 5.10 Å². The number of carbonyl (C=O) groups is 1. The summed E-state index contributed by atoms with van der Waals surface area (Å²) in [5.41, 5.74) is 5.15. The van der Waals surface area contributed by atoms with Crippen LogP contribution < -0.4 is 5.43 Å². The number of benzene rings is 2. The molecule has 21 heavy (non-hydrogen) atoms. The smallest absolute Gasteiger partial charge is 0.244 e. The van der Waals surface area contributed by atoms with Gasteiger partial charge < -0.3 is 0 Å². The lowest BCUT2D eigenvalue weighted by Gasteiger charge is -2.04. The van der Waals surface area contributed by atoms with Crippen LogP contribution in [-0.2, 0) is 11.2 Å². The van der Waals surface area contributed by atoms with Gasteiger partial charge >= 0.3 is 0 Å². The molecule has 0 bridgehead atoms. The Morgan fingerprint density at radius 3 is 2.38 bits per heavy atom. The summed E-state index contributed by atoms with van der Waals surface area (Å²) in [6.45, 7) is 1.84. The number of hydrogen-bond acceptors (Lipinski definition) is 2. The molecule has 0 radical (unpaired) electrons. The van der Waals surface area contributed by atoms with Crippen molar-refractivity contribution in [2.45, 2.75) is 13.3 Å². The summed E-state index contributed by atoms with van der Waals surface area (Å²) in [5.74, 6) is -0.148. The van der Waals surface area contributed by atoms with Crippen LogP contribution in [0.2, 0.25) is 5.02 Å². The Kier molecular flexibility index (Phi) is 5.53.